The summed E-state index contributed by atoms with van der Waals surface area (Å²) in [6, 6.07) is 11.9. The predicted molar refractivity (Wildman–Crippen MR) is 104 cm³/mol. The largest absolute Gasteiger partial charge is 0.435 e. The van der Waals surface area contributed by atoms with E-state index < -0.39 is 6.61 Å². The number of aromatic nitrogens is 2. The van der Waals surface area contributed by atoms with E-state index in [0.717, 1.165) is 36.7 Å². The first-order valence-corrected chi connectivity index (χ1v) is 9.98. The topological polar surface area (TPSA) is 77.2 Å². The van der Waals surface area contributed by atoms with Gasteiger partial charge in [-0.1, -0.05) is 17.8 Å². The monoisotopic (exact) mass is 417 g/mol. The molecule has 9 heteroatoms. The van der Waals surface area contributed by atoms with Gasteiger partial charge in [0.25, 0.3) is 5.22 Å². The molecule has 0 saturated carbocycles. The third-order valence-electron chi connectivity index (χ3n) is 4.44. The molecule has 1 aromatic heterocycles. The normalized spacial score (nSPS) is 12.8. The summed E-state index contributed by atoms with van der Waals surface area (Å²) < 4.78 is 34.2. The molecule has 6 nitrogen and oxygen atoms in total. The lowest BCUT2D eigenvalue weighted by atomic mass is 10.1. The summed E-state index contributed by atoms with van der Waals surface area (Å²) in [6.45, 7) is -2.88. The van der Waals surface area contributed by atoms with E-state index in [1.165, 1.54) is 23.3 Å². The Balaban J connectivity index is 1.31. The van der Waals surface area contributed by atoms with E-state index in [0.29, 0.717) is 5.56 Å². The number of hydrogen-bond donors (Lipinski definition) is 1. The molecule has 0 aliphatic heterocycles. The molecule has 1 aliphatic carbocycles. The first-order valence-electron chi connectivity index (χ1n) is 9.00. The zero-order valence-electron chi connectivity index (χ0n) is 15.2. The number of aryl methyl sites for hydroxylation is 2. The standard InChI is InChI=1S/C20H17F2N3O3S/c21-19(22)27-16-8-5-13(6-9-16)18-24-25-20(28-18)29-11-17(26)23-15-7-4-12-2-1-3-14(12)10-15/h4-10,19H,1-3,11H2,(H,23,26). The zero-order valence-corrected chi connectivity index (χ0v) is 16.0. The number of carbonyl (C=O) groups excluding carboxylic acids is 1. The predicted octanol–water partition coefficient (Wildman–Crippen LogP) is 4.56. The van der Waals surface area contributed by atoms with Crippen LogP contribution in [0.15, 0.2) is 52.1 Å². The number of nitrogens with zero attached hydrogens (tertiary/aromatic N) is 2. The van der Waals surface area contributed by atoms with Crippen molar-refractivity contribution >= 4 is 23.4 Å². The average molecular weight is 417 g/mol. The van der Waals surface area contributed by atoms with Gasteiger partial charge in [0.15, 0.2) is 0 Å². The molecule has 1 N–H and O–H groups in total. The summed E-state index contributed by atoms with van der Waals surface area (Å²) in [5.74, 6) is 0.234. The highest BCUT2D eigenvalue weighted by atomic mass is 32.2. The Kier molecular flexibility index (Phi) is 5.75. The second-order valence-corrected chi connectivity index (χ2v) is 7.38. The fraction of sp³-hybridized carbons (Fsp3) is 0.250. The smallest absolute Gasteiger partial charge is 0.387 e. The van der Waals surface area contributed by atoms with Gasteiger partial charge in [-0.25, -0.2) is 0 Å². The maximum atomic E-state index is 12.2. The van der Waals surface area contributed by atoms with Crippen molar-refractivity contribution in [2.45, 2.75) is 31.1 Å². The summed E-state index contributed by atoms with van der Waals surface area (Å²) in [5.41, 5.74) is 3.99. The van der Waals surface area contributed by atoms with Crippen LogP contribution in [0.2, 0.25) is 0 Å². The number of ether oxygens (including phenoxy) is 1. The molecule has 4 rings (SSSR count). The first kappa shape index (κ1) is 19.4. The Bertz CT molecular complexity index is 1010. The minimum atomic E-state index is -2.88. The molecule has 2 aromatic carbocycles. The SMILES string of the molecule is O=C(CSc1nnc(-c2ccc(OC(F)F)cc2)o1)Nc1ccc2c(c1)CCC2. The first-order chi connectivity index (χ1) is 14.1. The molecular weight excluding hydrogens is 400 g/mol. The molecule has 29 heavy (non-hydrogen) atoms. The lowest BCUT2D eigenvalue weighted by Crippen LogP contribution is -2.14. The maximum Gasteiger partial charge on any atom is 0.387 e. The average Bonchev–Trinajstić information content (AvgIpc) is 3.35. The molecule has 0 radical (unpaired) electrons. The van der Waals surface area contributed by atoms with E-state index >= 15 is 0 Å². The van der Waals surface area contributed by atoms with Crippen molar-refractivity contribution in [3.05, 3.63) is 53.6 Å². The zero-order chi connectivity index (χ0) is 20.2. The van der Waals surface area contributed by atoms with Gasteiger partial charge >= 0.3 is 6.61 Å². The van der Waals surface area contributed by atoms with Crippen LogP contribution in [0.4, 0.5) is 14.5 Å². The minimum Gasteiger partial charge on any atom is -0.435 e. The Labute approximate surface area is 169 Å². The summed E-state index contributed by atoms with van der Waals surface area (Å²) in [5, 5.41) is 10.9. The minimum absolute atomic E-state index is 0.0427. The van der Waals surface area contributed by atoms with E-state index in [-0.39, 0.29) is 28.5 Å². The van der Waals surface area contributed by atoms with Crippen molar-refractivity contribution in [1.29, 1.82) is 0 Å². The number of fused-ring (bicyclic) bond motifs is 1. The van der Waals surface area contributed by atoms with Gasteiger partial charge in [-0.15, -0.1) is 10.2 Å². The molecule has 1 heterocycles. The molecule has 3 aromatic rings. The van der Waals surface area contributed by atoms with Crippen LogP contribution in [0.3, 0.4) is 0 Å². The van der Waals surface area contributed by atoms with E-state index in [2.05, 4.69) is 26.3 Å². The van der Waals surface area contributed by atoms with Crippen LogP contribution in [0.1, 0.15) is 17.5 Å². The number of alkyl halides is 2. The van der Waals surface area contributed by atoms with Crippen molar-refractivity contribution in [3.8, 4) is 17.2 Å². The fourth-order valence-corrected chi connectivity index (χ4v) is 3.70. The van der Waals surface area contributed by atoms with Crippen molar-refractivity contribution in [2.75, 3.05) is 11.1 Å². The Morgan fingerprint density at radius 3 is 2.72 bits per heavy atom. The summed E-state index contributed by atoms with van der Waals surface area (Å²) in [6.07, 6.45) is 3.30. The summed E-state index contributed by atoms with van der Waals surface area (Å²) >= 11 is 1.12. The Hall–Kier alpha value is -2.94. The van der Waals surface area contributed by atoms with Gasteiger partial charge in [-0.2, -0.15) is 8.78 Å². The van der Waals surface area contributed by atoms with Crippen LogP contribution in [0.25, 0.3) is 11.5 Å². The quantitative estimate of drug-likeness (QED) is 0.568. The van der Waals surface area contributed by atoms with Gasteiger partial charge in [-0.3, -0.25) is 4.79 Å². The third-order valence-corrected chi connectivity index (χ3v) is 5.26. The van der Waals surface area contributed by atoms with Crippen LogP contribution >= 0.6 is 11.8 Å². The number of rotatable bonds is 7. The molecule has 0 saturated heterocycles. The molecule has 150 valence electrons. The lowest BCUT2D eigenvalue weighted by Gasteiger charge is -2.06. The van der Waals surface area contributed by atoms with Gasteiger partial charge in [0, 0.05) is 11.3 Å². The van der Waals surface area contributed by atoms with Crippen molar-refractivity contribution in [1.82, 2.24) is 10.2 Å². The molecule has 0 unspecified atom stereocenters. The number of anilines is 1. The number of halogens is 2. The number of carbonyl (C=O) groups is 1. The lowest BCUT2D eigenvalue weighted by molar-refractivity contribution is -0.113. The fourth-order valence-electron chi connectivity index (χ4n) is 3.14. The van der Waals surface area contributed by atoms with Crippen LogP contribution in [-0.2, 0) is 17.6 Å². The highest BCUT2D eigenvalue weighted by molar-refractivity contribution is 7.99. The Morgan fingerprint density at radius 1 is 1.14 bits per heavy atom. The van der Waals surface area contributed by atoms with Crippen molar-refractivity contribution in [3.63, 3.8) is 0 Å². The maximum absolute atomic E-state index is 12.2. The van der Waals surface area contributed by atoms with E-state index in [1.54, 1.807) is 12.1 Å². The molecule has 0 atom stereocenters. The number of hydrogen-bond acceptors (Lipinski definition) is 6. The number of nitrogens with one attached hydrogen (secondary N) is 1. The Morgan fingerprint density at radius 2 is 1.93 bits per heavy atom. The second kappa shape index (κ2) is 8.60. The van der Waals surface area contributed by atoms with Crippen molar-refractivity contribution < 1.29 is 22.7 Å². The molecule has 0 fully saturated rings. The third kappa shape index (κ3) is 4.92. The number of amides is 1. The number of benzene rings is 2. The van der Waals surface area contributed by atoms with E-state index in [9.17, 15) is 13.6 Å². The molecule has 1 aliphatic rings. The van der Waals surface area contributed by atoms with Crippen molar-refractivity contribution in [2.24, 2.45) is 0 Å². The van der Waals surface area contributed by atoms with Gasteiger partial charge in [0.2, 0.25) is 11.8 Å². The summed E-state index contributed by atoms with van der Waals surface area (Å²) in [7, 11) is 0. The van der Waals surface area contributed by atoms with Crippen LogP contribution in [-0.4, -0.2) is 28.5 Å². The van der Waals surface area contributed by atoms with Crippen LogP contribution < -0.4 is 10.1 Å². The van der Waals surface area contributed by atoms with Gasteiger partial charge in [-0.05, 0) is 66.8 Å². The van der Waals surface area contributed by atoms with Gasteiger partial charge in [0.05, 0.1) is 5.75 Å². The van der Waals surface area contributed by atoms with Crippen LogP contribution in [0.5, 0.6) is 5.75 Å². The number of thioether (sulfide) groups is 1. The molecular formula is C20H17F2N3O3S. The second-order valence-electron chi connectivity index (χ2n) is 6.45. The molecule has 1 amide bonds. The van der Waals surface area contributed by atoms with E-state index in [1.807, 2.05) is 12.1 Å². The van der Waals surface area contributed by atoms with Gasteiger partial charge in [0.1, 0.15) is 5.75 Å². The molecule has 0 spiro atoms. The molecule has 0 bridgehead atoms. The highest BCUT2D eigenvalue weighted by Gasteiger charge is 2.14. The van der Waals surface area contributed by atoms with E-state index in [4.69, 9.17) is 4.42 Å². The van der Waals surface area contributed by atoms with Gasteiger partial charge < -0.3 is 14.5 Å². The van der Waals surface area contributed by atoms with Crippen LogP contribution in [0, 0.1) is 0 Å². The summed E-state index contributed by atoms with van der Waals surface area (Å²) in [4.78, 5) is 12.2. The highest BCUT2D eigenvalue weighted by Crippen LogP contribution is 2.27.